The molecule has 32 heavy (non-hydrogen) atoms. The van der Waals surface area contributed by atoms with Crippen molar-refractivity contribution in [3.8, 4) is 11.1 Å². The largest absolute Gasteiger partial charge is 0.361 e. The number of thiocarbonyl (C=S) groups is 1. The number of aryl methyl sites for hydroxylation is 1. The number of amides is 1. The van der Waals surface area contributed by atoms with Crippen molar-refractivity contribution in [2.75, 3.05) is 6.54 Å². The smallest absolute Gasteiger partial charge is 0.266 e. The number of nitrogens with one attached hydrogen (secondary N) is 2. The van der Waals surface area contributed by atoms with Gasteiger partial charge in [0.05, 0.1) is 4.91 Å². The maximum absolute atomic E-state index is 12.9. The number of fused-ring (bicyclic) bond motifs is 1. The highest BCUT2D eigenvalue weighted by Gasteiger charge is 2.31. The van der Waals surface area contributed by atoms with Crippen molar-refractivity contribution in [3.63, 3.8) is 0 Å². The molecule has 0 atom stereocenters. The van der Waals surface area contributed by atoms with Crippen LogP contribution in [-0.2, 0) is 11.2 Å². The Hall–Kier alpha value is -3.30. The van der Waals surface area contributed by atoms with Crippen molar-refractivity contribution in [2.24, 2.45) is 0 Å². The molecule has 1 aliphatic heterocycles. The average Bonchev–Trinajstić information content (AvgIpc) is 3.54. The molecule has 7 nitrogen and oxygen atoms in total. The minimum absolute atomic E-state index is 0.0290. The summed E-state index contributed by atoms with van der Waals surface area (Å²) in [7, 11) is 0. The molecule has 0 bridgehead atoms. The predicted molar refractivity (Wildman–Crippen MR) is 131 cm³/mol. The van der Waals surface area contributed by atoms with Crippen LogP contribution in [-0.4, -0.2) is 47.3 Å². The number of aromatic nitrogens is 5. The Morgan fingerprint density at radius 2 is 2.00 bits per heavy atom. The summed E-state index contributed by atoms with van der Waals surface area (Å²) >= 11 is 6.83. The summed E-state index contributed by atoms with van der Waals surface area (Å²) in [5.41, 5.74) is 4.35. The summed E-state index contributed by atoms with van der Waals surface area (Å²) in [4.78, 5) is 18.5. The quantitative estimate of drug-likeness (QED) is 0.238. The van der Waals surface area contributed by atoms with Crippen LogP contribution in [0, 0.1) is 0 Å². The van der Waals surface area contributed by atoms with E-state index in [1.807, 2.05) is 24.4 Å². The lowest BCUT2D eigenvalue weighted by Gasteiger charge is -2.13. The molecule has 0 aliphatic carbocycles. The zero-order valence-electron chi connectivity index (χ0n) is 17.1. The number of carbonyl (C=O) groups excluding carboxylic acids is 1. The van der Waals surface area contributed by atoms with Crippen LogP contribution in [0.2, 0.25) is 0 Å². The molecule has 0 saturated carbocycles. The maximum atomic E-state index is 12.9. The molecule has 1 amide bonds. The van der Waals surface area contributed by atoms with Crippen LogP contribution < -0.4 is 0 Å². The van der Waals surface area contributed by atoms with E-state index >= 15 is 0 Å². The van der Waals surface area contributed by atoms with Crippen molar-refractivity contribution in [1.29, 1.82) is 0 Å². The normalized spacial score (nSPS) is 15.4. The highest BCUT2D eigenvalue weighted by molar-refractivity contribution is 8.26. The maximum Gasteiger partial charge on any atom is 0.266 e. The fourth-order valence-electron chi connectivity index (χ4n) is 3.73. The van der Waals surface area contributed by atoms with Gasteiger partial charge in [-0.2, -0.15) is 5.21 Å². The first-order valence-corrected chi connectivity index (χ1v) is 11.6. The topological polar surface area (TPSA) is 90.6 Å². The molecule has 2 aromatic heterocycles. The third-order valence-electron chi connectivity index (χ3n) is 5.37. The van der Waals surface area contributed by atoms with Crippen LogP contribution in [0.15, 0.2) is 59.6 Å². The first-order valence-electron chi connectivity index (χ1n) is 10.3. The van der Waals surface area contributed by atoms with E-state index in [1.165, 1.54) is 17.1 Å². The van der Waals surface area contributed by atoms with Gasteiger partial charge in [-0.3, -0.25) is 9.69 Å². The summed E-state index contributed by atoms with van der Waals surface area (Å²) in [6.07, 6.45) is 6.28. The van der Waals surface area contributed by atoms with Crippen LogP contribution in [0.5, 0.6) is 0 Å². The molecule has 1 fully saturated rings. The number of aromatic amines is 2. The number of hydrogen-bond donors (Lipinski definition) is 2. The molecule has 4 aromatic rings. The molecule has 9 heteroatoms. The molecular formula is C23H20N6OS2. The number of tetrazole rings is 1. The average molecular weight is 461 g/mol. The standard InChI is InChI=1S/C23H20N6OS2/c30-22-20(32-23(31)29(22)11-2-1-6-21-25-27-28-26-21)13-15-4-3-5-16(12-15)17-7-8-19-18(14-17)9-10-24-19/h3-5,7-10,12-14,24H,1-2,6,11H2,(H,25,26,27,28). The number of unbranched alkanes of at least 4 members (excludes halogenated alkanes) is 1. The lowest BCUT2D eigenvalue weighted by atomic mass is 10.0. The van der Waals surface area contributed by atoms with Crippen LogP contribution in [0.1, 0.15) is 24.2 Å². The minimum Gasteiger partial charge on any atom is -0.361 e. The van der Waals surface area contributed by atoms with Gasteiger partial charge in [-0.25, -0.2) is 0 Å². The summed E-state index contributed by atoms with van der Waals surface area (Å²) < 4.78 is 0.606. The van der Waals surface area contributed by atoms with Crippen molar-refractivity contribution < 1.29 is 4.79 Å². The van der Waals surface area contributed by atoms with E-state index < -0.39 is 0 Å². The van der Waals surface area contributed by atoms with Gasteiger partial charge in [0.2, 0.25) is 0 Å². The Morgan fingerprint density at radius 3 is 2.88 bits per heavy atom. The van der Waals surface area contributed by atoms with Crippen LogP contribution >= 0.6 is 24.0 Å². The molecular weight excluding hydrogens is 440 g/mol. The van der Waals surface area contributed by atoms with Crippen LogP contribution in [0.25, 0.3) is 28.1 Å². The van der Waals surface area contributed by atoms with E-state index in [0.717, 1.165) is 41.5 Å². The number of nitrogens with zero attached hydrogens (tertiary/aromatic N) is 4. The second-order valence-corrected chi connectivity index (χ2v) is 9.20. The molecule has 0 unspecified atom stereocenters. The molecule has 5 rings (SSSR count). The van der Waals surface area contributed by atoms with Crippen LogP contribution in [0.4, 0.5) is 0 Å². The van der Waals surface area contributed by atoms with Gasteiger partial charge in [-0.05, 0) is 65.3 Å². The van der Waals surface area contributed by atoms with Gasteiger partial charge in [0.25, 0.3) is 5.91 Å². The Balaban J connectivity index is 1.27. The van der Waals surface area contributed by atoms with Gasteiger partial charge in [-0.15, -0.1) is 10.2 Å². The number of rotatable bonds is 7. The van der Waals surface area contributed by atoms with Crippen molar-refractivity contribution in [2.45, 2.75) is 19.3 Å². The fraction of sp³-hybridized carbons (Fsp3) is 0.174. The van der Waals surface area contributed by atoms with Crippen LogP contribution in [0.3, 0.4) is 0 Å². The molecule has 2 aromatic carbocycles. The summed E-state index contributed by atoms with van der Waals surface area (Å²) in [5, 5.41) is 15.1. The van der Waals surface area contributed by atoms with E-state index in [0.29, 0.717) is 21.6 Å². The highest BCUT2D eigenvalue weighted by atomic mass is 32.2. The number of carbonyl (C=O) groups is 1. The Bertz CT molecular complexity index is 1310. The molecule has 1 saturated heterocycles. The second kappa shape index (κ2) is 9.05. The monoisotopic (exact) mass is 460 g/mol. The Labute approximate surface area is 194 Å². The highest BCUT2D eigenvalue weighted by Crippen LogP contribution is 2.33. The first-order chi connectivity index (χ1) is 15.7. The van der Waals surface area contributed by atoms with Gasteiger partial charge < -0.3 is 4.98 Å². The van der Waals surface area contributed by atoms with E-state index in [1.54, 1.807) is 4.90 Å². The minimum atomic E-state index is -0.0290. The molecule has 1 aliphatic rings. The number of H-pyrrole nitrogens is 2. The molecule has 3 heterocycles. The SMILES string of the molecule is O=C1C(=Cc2cccc(-c3ccc4[nH]ccc4c3)c2)SC(=S)N1CCCCc1nn[nH]n1. The van der Waals surface area contributed by atoms with Gasteiger partial charge in [0.15, 0.2) is 5.82 Å². The van der Waals surface area contributed by atoms with E-state index in [2.05, 4.69) is 62.0 Å². The molecule has 0 spiro atoms. The number of benzene rings is 2. The van der Waals surface area contributed by atoms with Crippen molar-refractivity contribution in [3.05, 3.63) is 71.0 Å². The zero-order chi connectivity index (χ0) is 21.9. The molecule has 0 radical (unpaired) electrons. The van der Waals surface area contributed by atoms with E-state index in [4.69, 9.17) is 12.2 Å². The zero-order valence-corrected chi connectivity index (χ0v) is 18.7. The van der Waals surface area contributed by atoms with Gasteiger partial charge in [0, 0.05) is 24.7 Å². The Kier molecular flexibility index (Phi) is 5.83. The lowest BCUT2D eigenvalue weighted by molar-refractivity contribution is -0.122. The summed E-state index contributed by atoms with van der Waals surface area (Å²) in [6, 6.07) is 16.6. The Morgan fingerprint density at radius 1 is 1.09 bits per heavy atom. The third kappa shape index (κ3) is 4.35. The molecule has 2 N–H and O–H groups in total. The second-order valence-electron chi connectivity index (χ2n) is 7.52. The number of hydrogen-bond acceptors (Lipinski definition) is 6. The lowest BCUT2D eigenvalue weighted by Crippen LogP contribution is -2.29. The van der Waals surface area contributed by atoms with Gasteiger partial charge in [-0.1, -0.05) is 53.5 Å². The third-order valence-corrected chi connectivity index (χ3v) is 6.74. The molecule has 160 valence electrons. The predicted octanol–water partition coefficient (Wildman–Crippen LogP) is 4.57. The fourth-order valence-corrected chi connectivity index (χ4v) is 5.04. The summed E-state index contributed by atoms with van der Waals surface area (Å²) in [5.74, 6) is 0.657. The van der Waals surface area contributed by atoms with E-state index in [-0.39, 0.29) is 5.91 Å². The first kappa shape index (κ1) is 20.6. The van der Waals surface area contributed by atoms with Crippen molar-refractivity contribution >= 4 is 51.2 Å². The van der Waals surface area contributed by atoms with Crippen molar-refractivity contribution in [1.82, 2.24) is 30.5 Å². The van der Waals surface area contributed by atoms with Gasteiger partial charge in [0.1, 0.15) is 4.32 Å². The number of thioether (sulfide) groups is 1. The summed E-state index contributed by atoms with van der Waals surface area (Å²) in [6.45, 7) is 0.594. The van der Waals surface area contributed by atoms with Gasteiger partial charge >= 0.3 is 0 Å². The van der Waals surface area contributed by atoms with E-state index in [9.17, 15) is 4.79 Å².